The van der Waals surface area contributed by atoms with E-state index in [1.807, 2.05) is 0 Å². The molecule has 0 spiro atoms. The van der Waals surface area contributed by atoms with E-state index >= 15 is 0 Å². The average molecular weight is 448 g/mol. The summed E-state index contributed by atoms with van der Waals surface area (Å²) in [6, 6.07) is 3.12. The van der Waals surface area contributed by atoms with Crippen LogP contribution in [0.1, 0.15) is 31.7 Å². The third-order valence-electron chi connectivity index (χ3n) is 5.50. The molecule has 2 heterocycles. The van der Waals surface area contributed by atoms with Crippen molar-refractivity contribution in [1.29, 1.82) is 0 Å². The summed E-state index contributed by atoms with van der Waals surface area (Å²) in [5, 5.41) is 13.2. The molecule has 3 unspecified atom stereocenters. The molecule has 33 heavy (non-hydrogen) atoms. The molecule has 0 saturated heterocycles. The average Bonchev–Trinajstić information content (AvgIpc) is 3.50. The fourth-order valence-corrected chi connectivity index (χ4v) is 3.35. The quantitative estimate of drug-likeness (QED) is 0.332. The van der Waals surface area contributed by atoms with Gasteiger partial charge in [0.1, 0.15) is 12.0 Å². The van der Waals surface area contributed by atoms with Crippen LogP contribution in [0, 0.1) is 19.1 Å². The predicted molar refractivity (Wildman–Crippen MR) is 119 cm³/mol. The summed E-state index contributed by atoms with van der Waals surface area (Å²) in [6.07, 6.45) is 1.40. The summed E-state index contributed by atoms with van der Waals surface area (Å²) in [6.45, 7) is 13.2. The van der Waals surface area contributed by atoms with Gasteiger partial charge in [0.25, 0.3) is 0 Å². The molecule has 1 saturated carbocycles. The van der Waals surface area contributed by atoms with Crippen LogP contribution in [0.3, 0.4) is 0 Å². The Morgan fingerprint density at radius 2 is 2.09 bits per heavy atom. The maximum Gasteiger partial charge on any atom is 1.00 e. The first-order valence-corrected chi connectivity index (χ1v) is 10.3. The molecule has 1 aliphatic rings. The number of allylic oxidation sites excluding steroid dienone is 2. The molecule has 3 rings (SSSR count). The van der Waals surface area contributed by atoms with E-state index in [1.54, 1.807) is 26.1 Å². The van der Waals surface area contributed by atoms with Crippen molar-refractivity contribution >= 4 is 28.2 Å². The van der Waals surface area contributed by atoms with Crippen molar-refractivity contribution in [2.75, 3.05) is 12.0 Å². The maximum atomic E-state index is 13.1. The van der Waals surface area contributed by atoms with Crippen LogP contribution in [-0.2, 0) is 11.8 Å². The van der Waals surface area contributed by atoms with Crippen LogP contribution in [0.2, 0.25) is 0 Å². The number of anilines is 1. The SMILES string of the molecule is [CH-]=C(/C(C)=C\C(=[CH-])C(O)CCCF)c1cc2cnc(NC(=O)C3CC3F)cc2n(C)c1=O.[Li+]. The summed E-state index contributed by atoms with van der Waals surface area (Å²) < 4.78 is 26.8. The third-order valence-corrected chi connectivity index (χ3v) is 5.50. The van der Waals surface area contributed by atoms with Crippen molar-refractivity contribution in [2.24, 2.45) is 13.0 Å². The first kappa shape index (κ1) is 26.7. The number of aryl methyl sites for hydroxylation is 1. The summed E-state index contributed by atoms with van der Waals surface area (Å²) in [5.74, 6) is -0.864. The number of carbonyl (C=O) groups is 1. The summed E-state index contributed by atoms with van der Waals surface area (Å²) in [7, 11) is 1.56. The Bertz CT molecular complexity index is 1180. The van der Waals surface area contributed by atoms with E-state index in [1.165, 1.54) is 16.8 Å². The molecule has 2 aromatic rings. The number of hydrogen-bond acceptors (Lipinski definition) is 4. The number of rotatable bonds is 9. The number of fused-ring (bicyclic) bond motifs is 1. The monoisotopic (exact) mass is 448 g/mol. The van der Waals surface area contributed by atoms with Gasteiger partial charge in [0, 0.05) is 30.8 Å². The number of hydrogen-bond donors (Lipinski definition) is 2. The third kappa shape index (κ3) is 6.08. The normalized spacial score (nSPS) is 18.4. The van der Waals surface area contributed by atoms with Gasteiger partial charge in [-0.25, -0.2) is 32.7 Å². The first-order valence-electron chi connectivity index (χ1n) is 10.3. The van der Waals surface area contributed by atoms with E-state index in [2.05, 4.69) is 10.3 Å². The van der Waals surface area contributed by atoms with Crippen molar-refractivity contribution in [2.45, 2.75) is 38.5 Å². The fraction of sp³-hybridized carbons (Fsp3) is 0.375. The van der Waals surface area contributed by atoms with Gasteiger partial charge in [-0.2, -0.15) is 0 Å². The van der Waals surface area contributed by atoms with Gasteiger partial charge < -0.3 is 15.0 Å². The fourth-order valence-electron chi connectivity index (χ4n) is 3.35. The smallest absolute Gasteiger partial charge is 0.392 e. The number of nitrogens with zero attached hydrogens (tertiary/aromatic N) is 2. The Kier molecular flexibility index (Phi) is 8.95. The summed E-state index contributed by atoms with van der Waals surface area (Å²) in [4.78, 5) is 29.1. The molecule has 0 aliphatic heterocycles. The van der Waals surface area contributed by atoms with E-state index in [4.69, 9.17) is 13.2 Å². The van der Waals surface area contributed by atoms with E-state index in [9.17, 15) is 23.5 Å². The zero-order valence-electron chi connectivity index (χ0n) is 18.9. The van der Waals surface area contributed by atoms with Crippen molar-refractivity contribution in [3.63, 3.8) is 0 Å². The van der Waals surface area contributed by atoms with Crippen molar-refractivity contribution < 1.29 is 37.5 Å². The second-order valence-corrected chi connectivity index (χ2v) is 7.99. The van der Waals surface area contributed by atoms with Gasteiger partial charge in [-0.15, -0.1) is 6.92 Å². The van der Waals surface area contributed by atoms with Crippen LogP contribution in [-0.4, -0.2) is 39.5 Å². The molecule has 1 fully saturated rings. The van der Waals surface area contributed by atoms with Crippen molar-refractivity contribution in [1.82, 2.24) is 9.55 Å². The maximum absolute atomic E-state index is 13.1. The number of halogens is 2. The van der Waals surface area contributed by atoms with E-state index in [0.29, 0.717) is 16.5 Å². The Balaban J connectivity index is 0.00000385. The van der Waals surface area contributed by atoms with Crippen LogP contribution >= 0.6 is 0 Å². The Morgan fingerprint density at radius 3 is 2.70 bits per heavy atom. The molecule has 6 nitrogen and oxygen atoms in total. The van der Waals surface area contributed by atoms with Gasteiger partial charge in [-0.05, 0) is 19.3 Å². The number of nitrogens with one attached hydrogen (secondary N) is 1. The molecule has 0 bridgehead atoms. The zero-order valence-corrected chi connectivity index (χ0v) is 18.9. The number of aliphatic hydroxyl groups is 1. The summed E-state index contributed by atoms with van der Waals surface area (Å²) in [5.41, 5.74) is 1.13. The summed E-state index contributed by atoms with van der Waals surface area (Å²) >= 11 is 0. The molecule has 1 aliphatic carbocycles. The van der Waals surface area contributed by atoms with E-state index in [0.717, 1.165) is 0 Å². The Morgan fingerprint density at radius 1 is 1.42 bits per heavy atom. The van der Waals surface area contributed by atoms with Crippen LogP contribution in [0.25, 0.3) is 16.5 Å². The number of carbonyl (C=O) groups excluding carboxylic acids is 1. The van der Waals surface area contributed by atoms with Crippen molar-refractivity contribution in [3.8, 4) is 0 Å². The van der Waals surface area contributed by atoms with Gasteiger partial charge in [-0.1, -0.05) is 11.6 Å². The van der Waals surface area contributed by atoms with Crippen LogP contribution < -0.4 is 29.7 Å². The Labute approximate surface area is 203 Å². The number of pyridine rings is 2. The molecule has 2 aromatic heterocycles. The largest absolute Gasteiger partial charge is 1.00 e. The minimum atomic E-state index is -1.12. The van der Waals surface area contributed by atoms with Gasteiger partial charge in [0.2, 0.25) is 11.5 Å². The van der Waals surface area contributed by atoms with E-state index < -0.39 is 30.8 Å². The number of aliphatic hydroxyl groups excluding tert-OH is 1. The molecular weight excluding hydrogens is 423 g/mol. The molecule has 0 radical (unpaired) electrons. The molecular formula is C24H25F2LiN3O3-. The second-order valence-electron chi connectivity index (χ2n) is 7.99. The topological polar surface area (TPSA) is 84.2 Å². The molecule has 2 N–H and O–H groups in total. The van der Waals surface area contributed by atoms with Gasteiger partial charge in [0.15, 0.2) is 0 Å². The van der Waals surface area contributed by atoms with Crippen LogP contribution in [0.15, 0.2) is 40.3 Å². The molecule has 1 amide bonds. The predicted octanol–water partition coefficient (Wildman–Crippen LogP) is 0.467. The molecule has 3 atom stereocenters. The van der Waals surface area contributed by atoms with Gasteiger partial charge in [-0.3, -0.25) is 26.6 Å². The second kappa shape index (κ2) is 11.1. The standard InChI is InChI=1S/C24H25F2N3O3.Li/c1-13(8-14(2)21(30)6-5-7-25)15(3)17-9-16-12-27-22(11-20(16)29(4)24(17)32)28-23(31)18-10-19(18)26;/h2-3,8-9,11-12,18-19,21,30H,5-7,10H2,1,4H3,(H,27,28,31);/q-2;+1/b13-8-;. The number of amides is 1. The molecule has 9 heteroatoms. The molecule has 170 valence electrons. The minimum Gasteiger partial charge on any atom is -0.392 e. The van der Waals surface area contributed by atoms with Gasteiger partial charge in [0.05, 0.1) is 18.1 Å². The van der Waals surface area contributed by atoms with E-state index in [-0.39, 0.29) is 66.2 Å². The zero-order chi connectivity index (χ0) is 23.6. The van der Waals surface area contributed by atoms with Crippen LogP contribution in [0.4, 0.5) is 14.6 Å². The first-order chi connectivity index (χ1) is 15.1. The van der Waals surface area contributed by atoms with Gasteiger partial charge >= 0.3 is 18.9 Å². The van der Waals surface area contributed by atoms with Crippen molar-refractivity contribution in [3.05, 3.63) is 64.6 Å². The Hall–Kier alpha value is -2.53. The number of alkyl halides is 2. The van der Waals surface area contributed by atoms with Crippen LogP contribution in [0.5, 0.6) is 0 Å². The number of aromatic nitrogens is 2. The minimum absolute atomic E-state index is 0. The molecule has 0 aromatic carbocycles.